The molecule has 0 radical (unpaired) electrons. The lowest BCUT2D eigenvalue weighted by atomic mass is 9.98. The van der Waals surface area contributed by atoms with E-state index < -0.39 is 24.4 Å². The normalized spacial score (nSPS) is 14.8. The van der Waals surface area contributed by atoms with Crippen molar-refractivity contribution in [3.05, 3.63) is 12.2 Å². The van der Waals surface area contributed by atoms with Gasteiger partial charge in [0.05, 0.1) is 6.61 Å². The third-order valence-electron chi connectivity index (χ3n) is 1.78. The maximum absolute atomic E-state index is 12.1. The molecule has 96 valence electrons. The zero-order valence-corrected chi connectivity index (χ0v) is 8.19. The lowest BCUT2D eigenvalue weighted by molar-refractivity contribution is -0.366. The highest BCUT2D eigenvalue weighted by Gasteiger charge is 2.69. The molecule has 8 heteroatoms. The molecular weight excluding hydrogens is 242 g/mol. The van der Waals surface area contributed by atoms with E-state index in [0.29, 0.717) is 6.08 Å². The van der Waals surface area contributed by atoms with Crippen molar-refractivity contribution in [1.82, 2.24) is 0 Å². The second-order valence-electron chi connectivity index (χ2n) is 2.99. The molecule has 0 aliphatic carbocycles. The first-order valence-electron chi connectivity index (χ1n) is 4.06. The van der Waals surface area contributed by atoms with Gasteiger partial charge in [0.15, 0.2) is 0 Å². The van der Waals surface area contributed by atoms with Gasteiger partial charge in [-0.15, -0.1) is 0 Å². The van der Waals surface area contributed by atoms with Gasteiger partial charge in [0.1, 0.15) is 0 Å². The third kappa shape index (κ3) is 3.38. The Hall–Kier alpha value is -0.760. The van der Waals surface area contributed by atoms with Crippen LogP contribution >= 0.6 is 0 Å². The summed E-state index contributed by atoms with van der Waals surface area (Å²) >= 11 is 0. The van der Waals surface area contributed by atoms with E-state index in [1.807, 2.05) is 0 Å². The van der Waals surface area contributed by atoms with Crippen molar-refractivity contribution in [2.75, 3.05) is 13.7 Å². The van der Waals surface area contributed by atoms with Crippen LogP contribution in [0.1, 0.15) is 6.42 Å². The monoisotopic (exact) mass is 252 g/mol. The van der Waals surface area contributed by atoms with Gasteiger partial charge in [-0.25, -0.2) is 0 Å². The van der Waals surface area contributed by atoms with Crippen molar-refractivity contribution < 1.29 is 36.2 Å². The topological polar surface area (TPSA) is 29.5 Å². The molecule has 0 atom stereocenters. The third-order valence-corrected chi connectivity index (χ3v) is 1.78. The van der Waals surface area contributed by atoms with E-state index >= 15 is 0 Å². The Labute approximate surface area is 87.5 Å². The van der Waals surface area contributed by atoms with Crippen LogP contribution in [0.15, 0.2) is 12.2 Å². The molecule has 0 bridgehead atoms. The first kappa shape index (κ1) is 15.2. The lowest BCUT2D eigenvalue weighted by Gasteiger charge is -2.31. The number of hydrogen-bond acceptors (Lipinski definition) is 2. The molecule has 0 heterocycles. The Morgan fingerprint density at radius 2 is 1.44 bits per heavy atom. The summed E-state index contributed by atoms with van der Waals surface area (Å²) in [6.45, 7) is -0.133. The van der Waals surface area contributed by atoms with Gasteiger partial charge in [-0.1, -0.05) is 12.2 Å². The zero-order valence-electron chi connectivity index (χ0n) is 8.19. The van der Waals surface area contributed by atoms with E-state index in [2.05, 4.69) is 4.74 Å². The number of rotatable bonds is 4. The fraction of sp³-hybridized carbons (Fsp3) is 0.750. The molecule has 0 saturated carbocycles. The van der Waals surface area contributed by atoms with Crippen molar-refractivity contribution in [3.8, 4) is 0 Å². The first-order valence-corrected chi connectivity index (χ1v) is 4.06. The number of alkyl halides is 6. The highest BCUT2D eigenvalue weighted by atomic mass is 19.4. The molecule has 0 aliphatic rings. The minimum Gasteiger partial charge on any atom is -0.381 e. The minimum atomic E-state index is -5.78. The summed E-state index contributed by atoms with van der Waals surface area (Å²) in [5, 5.41) is 8.64. The fourth-order valence-corrected chi connectivity index (χ4v) is 0.810. The number of halogens is 6. The van der Waals surface area contributed by atoms with Crippen LogP contribution in [0.2, 0.25) is 0 Å². The Balaban J connectivity index is 4.85. The van der Waals surface area contributed by atoms with Crippen LogP contribution in [0.25, 0.3) is 0 Å². The van der Waals surface area contributed by atoms with E-state index in [1.165, 1.54) is 7.11 Å². The Kier molecular flexibility index (Phi) is 4.81. The summed E-state index contributed by atoms with van der Waals surface area (Å²) in [6.07, 6.45) is -11.6. The second-order valence-corrected chi connectivity index (χ2v) is 2.99. The van der Waals surface area contributed by atoms with Crippen LogP contribution in [-0.2, 0) is 4.74 Å². The predicted octanol–water partition coefficient (Wildman–Crippen LogP) is 2.43. The standard InChI is InChI=1S/C8H10F6O2/c1-16-5-3-2-4-6(15,7(9,10)11)8(12,13)14/h2-3,15H,4-5H2,1H3/b3-2+. The molecular formula is C8H10F6O2. The summed E-state index contributed by atoms with van der Waals surface area (Å²) in [5.74, 6) is 0. The minimum absolute atomic E-state index is 0.133. The van der Waals surface area contributed by atoms with E-state index in [1.54, 1.807) is 0 Å². The van der Waals surface area contributed by atoms with Crippen molar-refractivity contribution >= 4 is 0 Å². The average Bonchev–Trinajstić information content (AvgIpc) is 2.08. The molecule has 0 fully saturated rings. The van der Waals surface area contributed by atoms with Gasteiger partial charge < -0.3 is 9.84 Å². The fourth-order valence-electron chi connectivity index (χ4n) is 0.810. The van der Waals surface area contributed by atoms with Crippen LogP contribution < -0.4 is 0 Å². The van der Waals surface area contributed by atoms with Crippen molar-refractivity contribution in [2.45, 2.75) is 24.4 Å². The molecule has 0 aliphatic heterocycles. The molecule has 2 nitrogen and oxygen atoms in total. The summed E-state index contributed by atoms with van der Waals surface area (Å²) in [7, 11) is 1.23. The van der Waals surface area contributed by atoms with Crippen LogP contribution in [0.5, 0.6) is 0 Å². The number of aliphatic hydroxyl groups is 1. The van der Waals surface area contributed by atoms with E-state index in [0.717, 1.165) is 6.08 Å². The summed E-state index contributed by atoms with van der Waals surface area (Å²) in [4.78, 5) is 0. The molecule has 0 spiro atoms. The van der Waals surface area contributed by atoms with Gasteiger partial charge in [0.2, 0.25) is 0 Å². The van der Waals surface area contributed by atoms with Crippen LogP contribution in [-0.4, -0.2) is 36.8 Å². The molecule has 16 heavy (non-hydrogen) atoms. The summed E-state index contributed by atoms with van der Waals surface area (Å²) in [5.41, 5.74) is -4.72. The van der Waals surface area contributed by atoms with Crippen molar-refractivity contribution in [1.29, 1.82) is 0 Å². The SMILES string of the molecule is COC/C=C/CC(O)(C(F)(F)F)C(F)(F)F. The van der Waals surface area contributed by atoms with Crippen molar-refractivity contribution in [3.63, 3.8) is 0 Å². The molecule has 0 aromatic rings. The molecule has 1 N–H and O–H groups in total. The zero-order chi connectivity index (χ0) is 13.0. The maximum Gasteiger partial charge on any atom is 0.426 e. The number of hydrogen-bond donors (Lipinski definition) is 1. The summed E-state index contributed by atoms with van der Waals surface area (Å²) in [6, 6.07) is 0. The van der Waals surface area contributed by atoms with Crippen LogP contribution in [0.4, 0.5) is 26.3 Å². The molecule has 0 aromatic carbocycles. The smallest absolute Gasteiger partial charge is 0.381 e. The highest BCUT2D eigenvalue weighted by Crippen LogP contribution is 2.45. The Morgan fingerprint density at radius 3 is 1.75 bits per heavy atom. The second kappa shape index (κ2) is 5.05. The van der Waals surface area contributed by atoms with Crippen LogP contribution in [0.3, 0.4) is 0 Å². The summed E-state index contributed by atoms with van der Waals surface area (Å²) < 4.78 is 76.8. The first-order chi connectivity index (χ1) is 7.06. The molecule has 0 aromatic heterocycles. The van der Waals surface area contributed by atoms with Gasteiger partial charge in [0.25, 0.3) is 5.60 Å². The quantitative estimate of drug-likeness (QED) is 0.615. The van der Waals surface area contributed by atoms with Crippen LogP contribution in [0, 0.1) is 0 Å². The van der Waals surface area contributed by atoms with Crippen molar-refractivity contribution in [2.24, 2.45) is 0 Å². The Bertz CT molecular complexity index is 228. The largest absolute Gasteiger partial charge is 0.426 e. The highest BCUT2D eigenvalue weighted by molar-refractivity contribution is 5.00. The van der Waals surface area contributed by atoms with E-state index in [9.17, 15) is 26.3 Å². The molecule has 0 rings (SSSR count). The average molecular weight is 252 g/mol. The van der Waals surface area contributed by atoms with E-state index in [-0.39, 0.29) is 6.61 Å². The predicted molar refractivity (Wildman–Crippen MR) is 42.7 cm³/mol. The van der Waals surface area contributed by atoms with Gasteiger partial charge in [-0.05, 0) is 0 Å². The van der Waals surface area contributed by atoms with E-state index in [4.69, 9.17) is 5.11 Å². The van der Waals surface area contributed by atoms with Gasteiger partial charge in [-0.2, -0.15) is 26.3 Å². The lowest BCUT2D eigenvalue weighted by Crippen LogP contribution is -2.56. The maximum atomic E-state index is 12.1. The molecule has 0 saturated heterocycles. The number of ether oxygens (including phenoxy) is 1. The number of methoxy groups -OCH3 is 1. The molecule has 0 unspecified atom stereocenters. The van der Waals surface area contributed by atoms with Gasteiger partial charge in [0, 0.05) is 13.5 Å². The van der Waals surface area contributed by atoms with Gasteiger partial charge >= 0.3 is 12.4 Å². The van der Waals surface area contributed by atoms with Gasteiger partial charge in [-0.3, -0.25) is 0 Å². The molecule has 0 amide bonds. The Morgan fingerprint density at radius 1 is 1.00 bits per heavy atom.